The van der Waals surface area contributed by atoms with Gasteiger partial charge in [-0.25, -0.2) is 4.39 Å². The van der Waals surface area contributed by atoms with Crippen molar-refractivity contribution in [3.63, 3.8) is 0 Å². The van der Waals surface area contributed by atoms with Crippen LogP contribution in [0.2, 0.25) is 0 Å². The van der Waals surface area contributed by atoms with Gasteiger partial charge in [0.15, 0.2) is 0 Å². The highest BCUT2D eigenvalue weighted by Crippen LogP contribution is 2.17. The highest BCUT2D eigenvalue weighted by atomic mass is 19.1. The van der Waals surface area contributed by atoms with Gasteiger partial charge in [-0.3, -0.25) is 9.59 Å². The van der Waals surface area contributed by atoms with Crippen molar-refractivity contribution < 1.29 is 13.9 Å². The van der Waals surface area contributed by atoms with Gasteiger partial charge in [-0.15, -0.1) is 0 Å². The molecule has 0 amide bonds. The van der Waals surface area contributed by atoms with E-state index in [0.717, 1.165) is 5.56 Å². The van der Waals surface area contributed by atoms with Crippen LogP contribution in [0, 0.1) is 5.82 Å². The number of pyridine rings is 1. The number of nitrogens with zero attached hydrogens (tertiary/aromatic N) is 1. The number of hydrogen-bond donors (Lipinski definition) is 0. The maximum absolute atomic E-state index is 12.8. The van der Waals surface area contributed by atoms with Gasteiger partial charge in [-0.1, -0.05) is 12.1 Å². The molecule has 0 aliphatic rings. The first-order valence-electron chi connectivity index (χ1n) is 6.22. The van der Waals surface area contributed by atoms with E-state index in [1.54, 1.807) is 25.1 Å². The molecule has 1 aromatic heterocycles. The second kappa shape index (κ2) is 6.14. The van der Waals surface area contributed by atoms with Crippen LogP contribution in [0.1, 0.15) is 6.92 Å². The summed E-state index contributed by atoms with van der Waals surface area (Å²) in [7, 11) is 0. The highest BCUT2D eigenvalue weighted by molar-refractivity contribution is 5.69. The zero-order valence-electron chi connectivity index (χ0n) is 11.0. The van der Waals surface area contributed by atoms with Crippen molar-refractivity contribution in [3.05, 3.63) is 58.8 Å². The minimum Gasteiger partial charge on any atom is -0.465 e. The third kappa shape index (κ3) is 3.32. The monoisotopic (exact) mass is 275 g/mol. The fourth-order valence-electron chi connectivity index (χ4n) is 1.81. The Morgan fingerprint density at radius 1 is 1.20 bits per heavy atom. The number of esters is 1. The van der Waals surface area contributed by atoms with Crippen LogP contribution in [-0.4, -0.2) is 17.1 Å². The first-order chi connectivity index (χ1) is 9.60. The van der Waals surface area contributed by atoms with Gasteiger partial charge in [0.05, 0.1) is 6.61 Å². The van der Waals surface area contributed by atoms with Crippen molar-refractivity contribution in [2.75, 3.05) is 6.61 Å². The van der Waals surface area contributed by atoms with Crippen molar-refractivity contribution in [2.45, 2.75) is 13.5 Å². The minimum absolute atomic E-state index is 0.115. The molecule has 1 heterocycles. The summed E-state index contributed by atoms with van der Waals surface area (Å²) in [4.78, 5) is 23.2. The van der Waals surface area contributed by atoms with Crippen LogP contribution in [0.3, 0.4) is 0 Å². The predicted molar refractivity (Wildman–Crippen MR) is 72.7 cm³/mol. The van der Waals surface area contributed by atoms with Gasteiger partial charge in [0.25, 0.3) is 5.56 Å². The Balaban J connectivity index is 2.23. The average molecular weight is 275 g/mol. The zero-order valence-corrected chi connectivity index (χ0v) is 11.0. The standard InChI is InChI=1S/C15H14FNO3/c1-2-20-15(19)10-17-8-7-12(9-14(17)18)11-3-5-13(16)6-4-11/h3-9H,2,10H2,1H3. The van der Waals surface area contributed by atoms with E-state index in [2.05, 4.69) is 0 Å². The van der Waals surface area contributed by atoms with Crippen molar-refractivity contribution in [1.82, 2.24) is 4.57 Å². The lowest BCUT2D eigenvalue weighted by molar-refractivity contribution is -0.143. The fourth-order valence-corrected chi connectivity index (χ4v) is 1.81. The lowest BCUT2D eigenvalue weighted by atomic mass is 10.1. The molecule has 0 saturated heterocycles. The third-order valence-corrected chi connectivity index (χ3v) is 2.78. The molecule has 0 aliphatic carbocycles. The molecular weight excluding hydrogens is 261 g/mol. The topological polar surface area (TPSA) is 48.3 Å². The van der Waals surface area contributed by atoms with E-state index in [9.17, 15) is 14.0 Å². The number of benzene rings is 1. The van der Waals surface area contributed by atoms with Crippen LogP contribution < -0.4 is 5.56 Å². The Bertz CT molecular complexity index is 662. The molecule has 0 atom stereocenters. The predicted octanol–water partition coefficient (Wildman–Crippen LogP) is 2.22. The zero-order chi connectivity index (χ0) is 14.5. The lowest BCUT2D eigenvalue weighted by Gasteiger charge is -2.07. The molecule has 0 radical (unpaired) electrons. The van der Waals surface area contributed by atoms with E-state index in [1.165, 1.54) is 29.0 Å². The molecular formula is C15H14FNO3. The summed E-state index contributed by atoms with van der Waals surface area (Å²) in [5.74, 6) is -0.784. The molecule has 4 nitrogen and oxygen atoms in total. The van der Waals surface area contributed by atoms with E-state index in [-0.39, 0.29) is 24.5 Å². The molecule has 0 unspecified atom stereocenters. The van der Waals surface area contributed by atoms with Gasteiger partial charge >= 0.3 is 5.97 Å². The van der Waals surface area contributed by atoms with E-state index in [0.29, 0.717) is 5.56 Å². The van der Waals surface area contributed by atoms with Gasteiger partial charge in [0.1, 0.15) is 12.4 Å². The second-order valence-corrected chi connectivity index (χ2v) is 4.19. The third-order valence-electron chi connectivity index (χ3n) is 2.78. The van der Waals surface area contributed by atoms with Crippen LogP contribution in [0.15, 0.2) is 47.4 Å². The largest absolute Gasteiger partial charge is 0.465 e. The molecule has 2 rings (SSSR count). The fraction of sp³-hybridized carbons (Fsp3) is 0.200. The summed E-state index contributed by atoms with van der Waals surface area (Å²) in [5, 5.41) is 0. The van der Waals surface area contributed by atoms with Crippen LogP contribution in [0.25, 0.3) is 11.1 Å². The Labute approximate surface area is 115 Å². The number of hydrogen-bond acceptors (Lipinski definition) is 3. The summed E-state index contributed by atoms with van der Waals surface area (Å²) in [6, 6.07) is 8.97. The Morgan fingerprint density at radius 2 is 1.90 bits per heavy atom. The average Bonchev–Trinajstić information content (AvgIpc) is 2.42. The molecule has 0 aliphatic heterocycles. The molecule has 1 aromatic carbocycles. The molecule has 104 valence electrons. The van der Waals surface area contributed by atoms with E-state index >= 15 is 0 Å². The molecule has 2 aromatic rings. The Morgan fingerprint density at radius 3 is 2.50 bits per heavy atom. The van der Waals surface area contributed by atoms with Crippen molar-refractivity contribution >= 4 is 5.97 Å². The summed E-state index contributed by atoms with van der Waals surface area (Å²) in [6.07, 6.45) is 1.53. The summed E-state index contributed by atoms with van der Waals surface area (Å²) < 4.78 is 18.9. The van der Waals surface area contributed by atoms with E-state index in [1.807, 2.05) is 0 Å². The number of halogens is 1. The Hall–Kier alpha value is -2.43. The maximum Gasteiger partial charge on any atom is 0.326 e. The SMILES string of the molecule is CCOC(=O)Cn1ccc(-c2ccc(F)cc2)cc1=O. The number of aromatic nitrogens is 1. The van der Waals surface area contributed by atoms with E-state index in [4.69, 9.17) is 4.74 Å². The van der Waals surface area contributed by atoms with Gasteiger partial charge in [0, 0.05) is 12.3 Å². The van der Waals surface area contributed by atoms with E-state index < -0.39 is 5.97 Å². The molecule has 0 N–H and O–H groups in total. The number of ether oxygens (including phenoxy) is 1. The first kappa shape index (κ1) is 14.0. The van der Waals surface area contributed by atoms with Crippen LogP contribution in [-0.2, 0) is 16.1 Å². The summed E-state index contributed by atoms with van der Waals surface area (Å²) >= 11 is 0. The van der Waals surface area contributed by atoms with Gasteiger partial charge < -0.3 is 9.30 Å². The molecule has 0 bridgehead atoms. The molecule has 0 spiro atoms. The van der Waals surface area contributed by atoms with Crippen molar-refractivity contribution in [2.24, 2.45) is 0 Å². The lowest BCUT2D eigenvalue weighted by Crippen LogP contribution is -2.24. The number of rotatable bonds is 4. The van der Waals surface area contributed by atoms with Crippen LogP contribution in [0.4, 0.5) is 4.39 Å². The maximum atomic E-state index is 12.8. The number of carbonyl (C=O) groups is 1. The normalized spacial score (nSPS) is 10.3. The highest BCUT2D eigenvalue weighted by Gasteiger charge is 2.06. The summed E-state index contributed by atoms with van der Waals surface area (Å²) in [6.45, 7) is 1.87. The van der Waals surface area contributed by atoms with Crippen LogP contribution >= 0.6 is 0 Å². The smallest absolute Gasteiger partial charge is 0.326 e. The summed E-state index contributed by atoms with van der Waals surface area (Å²) in [5.41, 5.74) is 1.11. The Kier molecular flexibility index (Phi) is 4.30. The van der Waals surface area contributed by atoms with Gasteiger partial charge in [-0.05, 0) is 36.2 Å². The first-order valence-corrected chi connectivity index (χ1v) is 6.22. The van der Waals surface area contributed by atoms with Gasteiger partial charge in [-0.2, -0.15) is 0 Å². The van der Waals surface area contributed by atoms with Crippen LogP contribution in [0.5, 0.6) is 0 Å². The molecule has 0 fully saturated rings. The molecule has 0 saturated carbocycles. The quantitative estimate of drug-likeness (QED) is 0.804. The molecule has 20 heavy (non-hydrogen) atoms. The molecule has 5 heteroatoms. The number of carbonyl (C=O) groups excluding carboxylic acids is 1. The van der Waals surface area contributed by atoms with Crippen molar-refractivity contribution in [3.8, 4) is 11.1 Å². The van der Waals surface area contributed by atoms with Crippen molar-refractivity contribution in [1.29, 1.82) is 0 Å². The van der Waals surface area contributed by atoms with Gasteiger partial charge in [0.2, 0.25) is 0 Å². The second-order valence-electron chi connectivity index (χ2n) is 4.19. The minimum atomic E-state index is -0.455.